The standard InChI is InChI=1S/C13H18ClF3N2/c1-9(2)5-3-4-6-18-12-8-10(13(15,16)17)7-11(14)19-12/h7-9H,3-6H2,1-2H3,(H,18,19). The van der Waals surface area contributed by atoms with E-state index in [2.05, 4.69) is 24.1 Å². The lowest BCUT2D eigenvalue weighted by atomic mass is 10.1. The fourth-order valence-electron chi connectivity index (χ4n) is 1.65. The van der Waals surface area contributed by atoms with E-state index in [0.717, 1.165) is 31.4 Å². The van der Waals surface area contributed by atoms with Crippen molar-refractivity contribution in [1.82, 2.24) is 4.98 Å². The molecule has 0 spiro atoms. The minimum Gasteiger partial charge on any atom is -0.370 e. The summed E-state index contributed by atoms with van der Waals surface area (Å²) in [6.07, 6.45) is -1.36. The van der Waals surface area contributed by atoms with E-state index in [0.29, 0.717) is 12.5 Å². The molecule has 1 aromatic rings. The number of nitrogens with one attached hydrogen (secondary N) is 1. The molecular formula is C13H18ClF3N2. The Morgan fingerprint density at radius 1 is 1.26 bits per heavy atom. The Morgan fingerprint density at radius 2 is 1.95 bits per heavy atom. The van der Waals surface area contributed by atoms with Crippen LogP contribution in [0, 0.1) is 5.92 Å². The highest BCUT2D eigenvalue weighted by atomic mass is 35.5. The highest BCUT2D eigenvalue weighted by molar-refractivity contribution is 6.29. The number of hydrogen-bond donors (Lipinski definition) is 1. The van der Waals surface area contributed by atoms with Crippen LogP contribution in [0.25, 0.3) is 0 Å². The van der Waals surface area contributed by atoms with Gasteiger partial charge in [-0.3, -0.25) is 0 Å². The van der Waals surface area contributed by atoms with E-state index < -0.39 is 11.7 Å². The van der Waals surface area contributed by atoms with Crippen LogP contribution in [0.3, 0.4) is 0 Å². The van der Waals surface area contributed by atoms with Crippen molar-refractivity contribution in [3.8, 4) is 0 Å². The van der Waals surface area contributed by atoms with Crippen molar-refractivity contribution in [2.24, 2.45) is 5.92 Å². The number of nitrogens with zero attached hydrogens (tertiary/aromatic N) is 1. The molecule has 0 radical (unpaired) electrons. The van der Waals surface area contributed by atoms with Crippen molar-refractivity contribution in [2.45, 2.75) is 39.3 Å². The van der Waals surface area contributed by atoms with Gasteiger partial charge in [-0.1, -0.05) is 38.3 Å². The summed E-state index contributed by atoms with van der Waals surface area (Å²) in [5, 5.41) is 2.72. The molecule has 1 aromatic heterocycles. The molecule has 0 amide bonds. The van der Waals surface area contributed by atoms with Crippen LogP contribution >= 0.6 is 11.6 Å². The monoisotopic (exact) mass is 294 g/mol. The summed E-state index contributed by atoms with van der Waals surface area (Å²) in [5.74, 6) is 0.811. The first kappa shape index (κ1) is 16.1. The van der Waals surface area contributed by atoms with Crippen molar-refractivity contribution in [2.75, 3.05) is 11.9 Å². The maximum absolute atomic E-state index is 12.6. The second-order valence-corrected chi connectivity index (χ2v) is 5.27. The Balaban J connectivity index is 2.52. The van der Waals surface area contributed by atoms with E-state index in [4.69, 9.17) is 11.6 Å². The SMILES string of the molecule is CC(C)CCCCNc1cc(C(F)(F)F)cc(Cl)n1. The fraction of sp³-hybridized carbons (Fsp3) is 0.615. The lowest BCUT2D eigenvalue weighted by Gasteiger charge is -2.11. The molecule has 0 bridgehead atoms. The zero-order chi connectivity index (χ0) is 14.5. The number of halogens is 4. The van der Waals surface area contributed by atoms with E-state index in [1.807, 2.05) is 0 Å². The van der Waals surface area contributed by atoms with Crippen LogP contribution in [0.1, 0.15) is 38.7 Å². The Hall–Kier alpha value is -0.970. The highest BCUT2D eigenvalue weighted by Gasteiger charge is 2.31. The van der Waals surface area contributed by atoms with Crippen LogP contribution in [0.15, 0.2) is 12.1 Å². The van der Waals surface area contributed by atoms with Crippen molar-refractivity contribution < 1.29 is 13.2 Å². The summed E-state index contributed by atoms with van der Waals surface area (Å²) >= 11 is 5.59. The van der Waals surface area contributed by atoms with Crippen LogP contribution in [0.4, 0.5) is 19.0 Å². The van der Waals surface area contributed by atoms with Gasteiger partial charge in [-0.15, -0.1) is 0 Å². The topological polar surface area (TPSA) is 24.9 Å². The van der Waals surface area contributed by atoms with Crippen LogP contribution < -0.4 is 5.32 Å². The van der Waals surface area contributed by atoms with E-state index >= 15 is 0 Å². The molecule has 1 rings (SSSR count). The van der Waals surface area contributed by atoms with Gasteiger partial charge in [-0.25, -0.2) is 4.98 Å². The van der Waals surface area contributed by atoms with Gasteiger partial charge in [0.05, 0.1) is 5.56 Å². The number of pyridine rings is 1. The normalized spacial score (nSPS) is 11.9. The smallest absolute Gasteiger partial charge is 0.370 e. The second-order valence-electron chi connectivity index (χ2n) is 4.88. The van der Waals surface area contributed by atoms with E-state index in [-0.39, 0.29) is 11.0 Å². The van der Waals surface area contributed by atoms with Gasteiger partial charge in [0, 0.05) is 6.54 Å². The van der Waals surface area contributed by atoms with E-state index in [1.165, 1.54) is 0 Å². The Labute approximate surface area is 116 Å². The Bertz CT molecular complexity index is 405. The lowest BCUT2D eigenvalue weighted by Crippen LogP contribution is -2.09. The molecule has 0 fully saturated rings. The zero-order valence-electron chi connectivity index (χ0n) is 11.0. The predicted molar refractivity (Wildman–Crippen MR) is 71.4 cm³/mol. The number of aromatic nitrogens is 1. The maximum atomic E-state index is 12.6. The summed E-state index contributed by atoms with van der Waals surface area (Å²) < 4.78 is 37.7. The van der Waals surface area contributed by atoms with Gasteiger partial charge in [0.2, 0.25) is 0 Å². The molecule has 0 saturated carbocycles. The molecule has 2 nitrogen and oxygen atoms in total. The summed E-state index contributed by atoms with van der Waals surface area (Å²) in [6.45, 7) is 4.88. The number of alkyl halides is 3. The van der Waals surface area contributed by atoms with E-state index in [9.17, 15) is 13.2 Å². The molecule has 0 aliphatic heterocycles. The first-order valence-electron chi connectivity index (χ1n) is 6.27. The first-order chi connectivity index (χ1) is 8.79. The molecule has 0 saturated heterocycles. The van der Waals surface area contributed by atoms with Gasteiger partial charge in [0.1, 0.15) is 11.0 Å². The molecule has 108 valence electrons. The third-order valence-corrected chi connectivity index (χ3v) is 2.83. The lowest BCUT2D eigenvalue weighted by molar-refractivity contribution is -0.137. The van der Waals surface area contributed by atoms with Gasteiger partial charge < -0.3 is 5.32 Å². The summed E-state index contributed by atoms with van der Waals surface area (Å²) in [5.41, 5.74) is -0.780. The van der Waals surface area contributed by atoms with E-state index in [1.54, 1.807) is 0 Å². The summed E-state index contributed by atoms with van der Waals surface area (Å²) in [7, 11) is 0. The van der Waals surface area contributed by atoms with Gasteiger partial charge >= 0.3 is 6.18 Å². The van der Waals surface area contributed by atoms with Crippen LogP contribution in [0.2, 0.25) is 5.15 Å². The van der Waals surface area contributed by atoms with Crippen LogP contribution in [-0.4, -0.2) is 11.5 Å². The molecule has 1 heterocycles. The quantitative estimate of drug-likeness (QED) is 0.590. The maximum Gasteiger partial charge on any atom is 0.416 e. The molecule has 0 aliphatic carbocycles. The highest BCUT2D eigenvalue weighted by Crippen LogP contribution is 2.31. The summed E-state index contributed by atoms with van der Waals surface area (Å²) in [4.78, 5) is 3.83. The second kappa shape index (κ2) is 6.98. The average Bonchev–Trinajstić information content (AvgIpc) is 2.26. The molecule has 0 aliphatic rings. The molecule has 0 atom stereocenters. The largest absolute Gasteiger partial charge is 0.416 e. The van der Waals surface area contributed by atoms with Crippen LogP contribution in [0.5, 0.6) is 0 Å². The Kier molecular flexibility index (Phi) is 5.91. The molecule has 1 N–H and O–H groups in total. The van der Waals surface area contributed by atoms with Gasteiger partial charge in [-0.05, 0) is 24.5 Å². The molecule has 19 heavy (non-hydrogen) atoms. The van der Waals surface area contributed by atoms with Gasteiger partial charge in [0.25, 0.3) is 0 Å². The number of unbranched alkanes of at least 4 members (excludes halogenated alkanes) is 1. The number of rotatable bonds is 6. The first-order valence-corrected chi connectivity index (χ1v) is 6.65. The summed E-state index contributed by atoms with van der Waals surface area (Å²) in [6, 6.07) is 1.81. The Morgan fingerprint density at radius 3 is 2.53 bits per heavy atom. The third kappa shape index (κ3) is 6.14. The predicted octanol–water partition coefficient (Wildman–Crippen LogP) is 4.99. The zero-order valence-corrected chi connectivity index (χ0v) is 11.8. The molecule has 0 aromatic carbocycles. The minimum absolute atomic E-state index is 0.153. The third-order valence-electron chi connectivity index (χ3n) is 2.64. The van der Waals surface area contributed by atoms with Crippen molar-refractivity contribution in [1.29, 1.82) is 0 Å². The number of hydrogen-bond acceptors (Lipinski definition) is 2. The van der Waals surface area contributed by atoms with Crippen molar-refractivity contribution >= 4 is 17.4 Å². The minimum atomic E-state index is -4.40. The van der Waals surface area contributed by atoms with Crippen LogP contribution in [-0.2, 0) is 6.18 Å². The van der Waals surface area contributed by atoms with Crippen molar-refractivity contribution in [3.05, 3.63) is 22.8 Å². The average molecular weight is 295 g/mol. The fourth-order valence-corrected chi connectivity index (χ4v) is 1.85. The van der Waals surface area contributed by atoms with Crippen molar-refractivity contribution in [3.63, 3.8) is 0 Å². The molecule has 6 heteroatoms. The van der Waals surface area contributed by atoms with Gasteiger partial charge in [0.15, 0.2) is 0 Å². The molecular weight excluding hydrogens is 277 g/mol. The molecule has 0 unspecified atom stereocenters. The number of anilines is 1. The van der Waals surface area contributed by atoms with Gasteiger partial charge in [-0.2, -0.15) is 13.2 Å².